The van der Waals surface area contributed by atoms with E-state index in [0.29, 0.717) is 24.6 Å². The van der Waals surface area contributed by atoms with Gasteiger partial charge in [0.25, 0.3) is 5.91 Å². The predicted octanol–water partition coefficient (Wildman–Crippen LogP) is 2.93. The molecule has 0 saturated carbocycles. The number of nitrogens with one attached hydrogen (secondary N) is 1. The van der Waals surface area contributed by atoms with Gasteiger partial charge in [0.1, 0.15) is 0 Å². The third kappa shape index (κ3) is 4.89. The number of hydrogen-bond donors (Lipinski definition) is 1. The summed E-state index contributed by atoms with van der Waals surface area (Å²) in [5.41, 5.74) is 1.46. The number of carbonyl (C=O) groups excluding carboxylic acids is 1. The number of amides is 1. The maximum absolute atomic E-state index is 12.2. The Balaban J connectivity index is 1.97. The number of ether oxygens (including phenoxy) is 1. The van der Waals surface area contributed by atoms with E-state index in [9.17, 15) is 9.00 Å². The van der Waals surface area contributed by atoms with Crippen LogP contribution in [0.1, 0.15) is 36.7 Å². The van der Waals surface area contributed by atoms with Crippen LogP contribution in [0.2, 0.25) is 0 Å². The van der Waals surface area contributed by atoms with E-state index in [1.807, 2.05) is 26.8 Å². The fourth-order valence-electron chi connectivity index (χ4n) is 2.08. The van der Waals surface area contributed by atoms with Crippen LogP contribution >= 0.6 is 0 Å². The van der Waals surface area contributed by atoms with Crippen LogP contribution in [0.4, 0.5) is 0 Å². The molecule has 0 radical (unpaired) electrons. The highest BCUT2D eigenvalue weighted by Gasteiger charge is 2.10. The molecule has 128 valence electrons. The van der Waals surface area contributed by atoms with Crippen molar-refractivity contribution in [1.29, 1.82) is 0 Å². The van der Waals surface area contributed by atoms with Gasteiger partial charge >= 0.3 is 0 Å². The Morgan fingerprint density at radius 2 is 1.96 bits per heavy atom. The quantitative estimate of drug-likeness (QED) is 0.837. The van der Waals surface area contributed by atoms with Gasteiger partial charge in [0, 0.05) is 34.5 Å². The lowest BCUT2D eigenvalue weighted by molar-refractivity contribution is 0.0950. The van der Waals surface area contributed by atoms with Gasteiger partial charge in [-0.1, -0.05) is 13.8 Å². The van der Waals surface area contributed by atoms with E-state index in [0.717, 1.165) is 10.5 Å². The molecule has 1 amide bonds. The van der Waals surface area contributed by atoms with Gasteiger partial charge < -0.3 is 10.1 Å². The van der Waals surface area contributed by atoms with Crippen LogP contribution in [0.5, 0.6) is 5.88 Å². The first-order valence-electron chi connectivity index (χ1n) is 7.87. The zero-order valence-corrected chi connectivity index (χ0v) is 14.9. The highest BCUT2D eigenvalue weighted by Crippen LogP contribution is 2.13. The predicted molar refractivity (Wildman–Crippen MR) is 94.6 cm³/mol. The normalized spacial score (nSPS) is 12.0. The van der Waals surface area contributed by atoms with E-state index in [1.54, 1.807) is 36.5 Å². The molecule has 1 atom stereocenters. The van der Waals surface area contributed by atoms with Gasteiger partial charge in [0.2, 0.25) is 5.88 Å². The van der Waals surface area contributed by atoms with Gasteiger partial charge in [-0.25, -0.2) is 4.98 Å². The molecule has 0 aliphatic rings. The highest BCUT2D eigenvalue weighted by molar-refractivity contribution is 7.85. The topological polar surface area (TPSA) is 68.3 Å². The molecule has 24 heavy (non-hydrogen) atoms. The van der Waals surface area contributed by atoms with E-state index in [1.165, 1.54) is 0 Å². The van der Waals surface area contributed by atoms with E-state index in [-0.39, 0.29) is 11.2 Å². The minimum Gasteiger partial charge on any atom is -0.478 e. The summed E-state index contributed by atoms with van der Waals surface area (Å²) in [6.07, 6.45) is 1.66. The maximum atomic E-state index is 12.2. The number of nitrogens with zero attached hydrogens (tertiary/aromatic N) is 1. The first-order chi connectivity index (χ1) is 11.5. The van der Waals surface area contributed by atoms with Crippen molar-refractivity contribution >= 4 is 16.7 Å². The monoisotopic (exact) mass is 346 g/mol. The number of hydrogen-bond acceptors (Lipinski definition) is 4. The lowest BCUT2D eigenvalue weighted by atomic mass is 10.2. The number of pyridine rings is 1. The molecule has 1 heterocycles. The summed E-state index contributed by atoms with van der Waals surface area (Å²) in [7, 11) is -1.05. The molecule has 0 spiro atoms. The Kier molecular flexibility index (Phi) is 6.49. The number of rotatable bonds is 7. The van der Waals surface area contributed by atoms with Crippen LogP contribution in [0.25, 0.3) is 0 Å². The van der Waals surface area contributed by atoms with E-state index >= 15 is 0 Å². The smallest absolute Gasteiger partial charge is 0.251 e. The van der Waals surface area contributed by atoms with Crippen molar-refractivity contribution in [2.75, 3.05) is 6.61 Å². The largest absolute Gasteiger partial charge is 0.478 e. The molecular weight excluding hydrogens is 324 g/mol. The standard InChI is InChI=1S/C18H22N2O3S/c1-4-23-17-11-14(9-10-19-17)12-20-18(21)15-5-7-16(8-6-15)24(22)13(2)3/h5-11,13H,4,12H2,1-3H3,(H,20,21). The van der Waals surface area contributed by atoms with E-state index in [2.05, 4.69) is 10.3 Å². The summed E-state index contributed by atoms with van der Waals surface area (Å²) < 4.78 is 17.4. The fraction of sp³-hybridized carbons (Fsp3) is 0.333. The van der Waals surface area contributed by atoms with Crippen molar-refractivity contribution in [2.24, 2.45) is 0 Å². The van der Waals surface area contributed by atoms with Crippen LogP contribution in [0.15, 0.2) is 47.5 Å². The van der Waals surface area contributed by atoms with E-state index in [4.69, 9.17) is 4.74 Å². The van der Waals surface area contributed by atoms with Gasteiger partial charge in [-0.05, 0) is 42.8 Å². The molecule has 0 bridgehead atoms. The third-order valence-electron chi connectivity index (χ3n) is 3.32. The molecule has 0 aliphatic heterocycles. The van der Waals surface area contributed by atoms with Gasteiger partial charge in [0.15, 0.2) is 0 Å². The van der Waals surface area contributed by atoms with Crippen LogP contribution < -0.4 is 10.1 Å². The minimum absolute atomic E-state index is 0.0518. The molecule has 1 aromatic heterocycles. The summed E-state index contributed by atoms with van der Waals surface area (Å²) >= 11 is 0. The summed E-state index contributed by atoms with van der Waals surface area (Å²) in [6.45, 7) is 6.64. The number of aromatic nitrogens is 1. The fourth-order valence-corrected chi connectivity index (χ4v) is 3.03. The van der Waals surface area contributed by atoms with Gasteiger partial charge in [-0.15, -0.1) is 0 Å². The molecular formula is C18H22N2O3S. The van der Waals surface area contributed by atoms with Crippen LogP contribution in [0, 0.1) is 0 Å². The highest BCUT2D eigenvalue weighted by atomic mass is 32.2. The summed E-state index contributed by atoms with van der Waals surface area (Å²) in [5.74, 6) is 0.372. The molecule has 0 saturated heterocycles. The Hall–Kier alpha value is -2.21. The molecule has 2 aromatic rings. The Morgan fingerprint density at radius 1 is 1.25 bits per heavy atom. The molecule has 0 aliphatic carbocycles. The molecule has 1 N–H and O–H groups in total. The third-order valence-corrected chi connectivity index (χ3v) is 4.91. The molecule has 1 aromatic carbocycles. The second-order valence-electron chi connectivity index (χ2n) is 5.49. The Morgan fingerprint density at radius 3 is 2.58 bits per heavy atom. The van der Waals surface area contributed by atoms with Crippen molar-refractivity contribution in [3.63, 3.8) is 0 Å². The van der Waals surface area contributed by atoms with Crippen LogP contribution in [-0.4, -0.2) is 27.0 Å². The second kappa shape index (κ2) is 8.59. The Labute approximate surface area is 144 Å². The zero-order valence-electron chi connectivity index (χ0n) is 14.1. The van der Waals surface area contributed by atoms with Crippen molar-refractivity contribution in [3.8, 4) is 5.88 Å². The maximum Gasteiger partial charge on any atom is 0.251 e. The van der Waals surface area contributed by atoms with Crippen molar-refractivity contribution in [1.82, 2.24) is 10.3 Å². The number of carbonyl (C=O) groups is 1. The number of benzene rings is 1. The second-order valence-corrected chi connectivity index (χ2v) is 7.50. The minimum atomic E-state index is -1.05. The molecule has 6 heteroatoms. The van der Waals surface area contributed by atoms with Crippen LogP contribution in [-0.2, 0) is 17.3 Å². The average molecular weight is 346 g/mol. The lowest BCUT2D eigenvalue weighted by Gasteiger charge is -2.09. The molecule has 5 nitrogen and oxygen atoms in total. The summed E-state index contributed by atoms with van der Waals surface area (Å²) in [4.78, 5) is 17.0. The average Bonchev–Trinajstić information content (AvgIpc) is 2.59. The van der Waals surface area contributed by atoms with Gasteiger partial charge in [-0.2, -0.15) is 0 Å². The first kappa shape index (κ1) is 18.1. The van der Waals surface area contributed by atoms with Crippen molar-refractivity contribution < 1.29 is 13.7 Å². The Bertz CT molecular complexity index is 714. The molecule has 2 rings (SSSR count). The SMILES string of the molecule is CCOc1cc(CNC(=O)c2ccc(S(=O)C(C)C)cc2)ccn1. The lowest BCUT2D eigenvalue weighted by Crippen LogP contribution is -2.22. The van der Waals surface area contributed by atoms with Crippen LogP contribution in [0.3, 0.4) is 0 Å². The van der Waals surface area contributed by atoms with Gasteiger partial charge in [-0.3, -0.25) is 9.00 Å². The van der Waals surface area contributed by atoms with Crippen molar-refractivity contribution in [3.05, 3.63) is 53.7 Å². The van der Waals surface area contributed by atoms with Gasteiger partial charge in [0.05, 0.1) is 17.4 Å². The molecule has 0 fully saturated rings. The summed E-state index contributed by atoms with van der Waals surface area (Å²) in [5, 5.41) is 2.91. The zero-order chi connectivity index (χ0) is 17.5. The molecule has 1 unspecified atom stereocenters. The first-order valence-corrected chi connectivity index (χ1v) is 9.09. The van der Waals surface area contributed by atoms with E-state index < -0.39 is 10.8 Å². The summed E-state index contributed by atoms with van der Waals surface area (Å²) in [6, 6.07) is 10.5. The van der Waals surface area contributed by atoms with Crippen molar-refractivity contribution in [2.45, 2.75) is 37.5 Å².